The minimum atomic E-state index is -1.13. The Morgan fingerprint density at radius 3 is 2.42 bits per heavy atom. The van der Waals surface area contributed by atoms with Crippen molar-refractivity contribution < 1.29 is 19.4 Å². The Kier molecular flexibility index (Phi) is 5.07. The van der Waals surface area contributed by atoms with Gasteiger partial charge in [-0.1, -0.05) is 29.3 Å². The molecular weight excluding hydrogens is 353 g/mol. The second kappa shape index (κ2) is 6.45. The van der Waals surface area contributed by atoms with E-state index in [2.05, 4.69) is 0 Å². The van der Waals surface area contributed by atoms with E-state index in [9.17, 15) is 14.7 Å². The van der Waals surface area contributed by atoms with Crippen molar-refractivity contribution in [2.24, 2.45) is 5.41 Å². The van der Waals surface area contributed by atoms with Crippen molar-refractivity contribution in [2.45, 2.75) is 39.2 Å². The Balaban J connectivity index is 2.33. The van der Waals surface area contributed by atoms with E-state index in [0.29, 0.717) is 10.0 Å². The number of ether oxygens (including phenoxy) is 1. The van der Waals surface area contributed by atoms with Crippen LogP contribution in [0.3, 0.4) is 0 Å². The maximum Gasteiger partial charge on any atom is 0.410 e. The normalized spacial score (nSPS) is 24.1. The lowest BCUT2D eigenvalue weighted by Crippen LogP contribution is -2.38. The van der Waals surface area contributed by atoms with Crippen molar-refractivity contribution in [2.75, 3.05) is 13.1 Å². The Morgan fingerprint density at radius 1 is 1.29 bits per heavy atom. The number of aliphatic carboxylic acids is 1. The van der Waals surface area contributed by atoms with E-state index < -0.39 is 29.0 Å². The van der Waals surface area contributed by atoms with Gasteiger partial charge in [-0.25, -0.2) is 4.79 Å². The van der Waals surface area contributed by atoms with E-state index >= 15 is 0 Å². The van der Waals surface area contributed by atoms with E-state index in [1.54, 1.807) is 45.9 Å². The number of likely N-dealkylation sites (tertiary alicyclic amines) is 1. The van der Waals surface area contributed by atoms with E-state index in [-0.39, 0.29) is 13.1 Å². The molecule has 1 aliphatic rings. The molecule has 0 bridgehead atoms. The lowest BCUT2D eigenvalue weighted by Gasteiger charge is -2.26. The molecular formula is C17H21Cl2NO4. The van der Waals surface area contributed by atoms with Crippen LogP contribution in [0.1, 0.15) is 39.2 Å². The van der Waals surface area contributed by atoms with Crippen LogP contribution in [0.25, 0.3) is 0 Å². The standard InChI is InChI=1S/C17H21Cl2NO4/c1-16(2,3)24-15(23)20-8-11(17(4,9-20)14(21)22)10-5-6-12(18)13(19)7-10/h5-7,11H,8-9H2,1-4H3,(H,21,22)/t11-,17+/m1/s1. The van der Waals surface area contributed by atoms with Gasteiger partial charge in [0.1, 0.15) is 5.60 Å². The average Bonchev–Trinajstić information content (AvgIpc) is 2.80. The zero-order chi connectivity index (χ0) is 18.3. The molecule has 1 aliphatic heterocycles. The summed E-state index contributed by atoms with van der Waals surface area (Å²) in [5, 5.41) is 10.5. The lowest BCUT2D eigenvalue weighted by molar-refractivity contribution is -0.147. The van der Waals surface area contributed by atoms with Crippen molar-refractivity contribution >= 4 is 35.3 Å². The first-order chi connectivity index (χ1) is 10.9. The third-order valence-corrected chi connectivity index (χ3v) is 4.92. The number of carboxylic acids is 1. The van der Waals surface area contributed by atoms with E-state index in [0.717, 1.165) is 5.56 Å². The molecule has 1 amide bonds. The summed E-state index contributed by atoms with van der Waals surface area (Å²) in [5.74, 6) is -1.37. The Hall–Kier alpha value is -1.46. The van der Waals surface area contributed by atoms with Gasteiger partial charge in [-0.2, -0.15) is 0 Å². The molecule has 1 fully saturated rings. The Morgan fingerprint density at radius 2 is 1.92 bits per heavy atom. The molecule has 1 heterocycles. The summed E-state index contributed by atoms with van der Waals surface area (Å²) in [6.45, 7) is 7.26. The fraction of sp³-hybridized carbons (Fsp3) is 0.529. The zero-order valence-corrected chi connectivity index (χ0v) is 15.6. The highest BCUT2D eigenvalue weighted by molar-refractivity contribution is 6.42. The van der Waals surface area contributed by atoms with Crippen LogP contribution in [0.4, 0.5) is 4.79 Å². The van der Waals surface area contributed by atoms with E-state index in [1.165, 1.54) is 4.90 Å². The van der Waals surface area contributed by atoms with Crippen LogP contribution in [0, 0.1) is 5.41 Å². The highest BCUT2D eigenvalue weighted by atomic mass is 35.5. The van der Waals surface area contributed by atoms with Crippen molar-refractivity contribution in [1.82, 2.24) is 4.90 Å². The summed E-state index contributed by atoms with van der Waals surface area (Å²) >= 11 is 12.0. The summed E-state index contributed by atoms with van der Waals surface area (Å²) in [4.78, 5) is 25.6. The zero-order valence-electron chi connectivity index (χ0n) is 14.1. The third kappa shape index (κ3) is 3.78. The predicted octanol–water partition coefficient (Wildman–Crippen LogP) is 4.42. The molecule has 0 spiro atoms. The van der Waals surface area contributed by atoms with Crippen LogP contribution < -0.4 is 0 Å². The number of amides is 1. The number of hydrogen-bond donors (Lipinski definition) is 1. The molecule has 132 valence electrons. The number of rotatable bonds is 2. The minimum Gasteiger partial charge on any atom is -0.481 e. The van der Waals surface area contributed by atoms with Crippen LogP contribution in [-0.4, -0.2) is 40.8 Å². The second-order valence-corrected chi connectivity index (χ2v) is 8.12. The number of nitrogens with zero attached hydrogens (tertiary/aromatic N) is 1. The van der Waals surface area contributed by atoms with Gasteiger partial charge < -0.3 is 14.7 Å². The number of carbonyl (C=O) groups excluding carboxylic acids is 1. The molecule has 2 atom stereocenters. The summed E-state index contributed by atoms with van der Waals surface area (Å²) in [6, 6.07) is 5.05. The molecule has 0 aromatic heterocycles. The molecule has 0 radical (unpaired) electrons. The first-order valence-electron chi connectivity index (χ1n) is 7.60. The van der Waals surface area contributed by atoms with Gasteiger partial charge in [0, 0.05) is 19.0 Å². The first kappa shape index (κ1) is 18.9. The topological polar surface area (TPSA) is 66.8 Å². The smallest absolute Gasteiger partial charge is 0.410 e. The number of carboxylic acid groups (broad SMARTS) is 1. The molecule has 0 unspecified atom stereocenters. The molecule has 2 rings (SSSR count). The van der Waals surface area contributed by atoms with Gasteiger partial charge in [-0.05, 0) is 45.4 Å². The van der Waals surface area contributed by atoms with Gasteiger partial charge in [0.2, 0.25) is 0 Å². The predicted molar refractivity (Wildman–Crippen MR) is 92.8 cm³/mol. The maximum absolute atomic E-state index is 12.3. The van der Waals surface area contributed by atoms with Crippen LogP contribution in [0.5, 0.6) is 0 Å². The Bertz CT molecular complexity index is 671. The Labute approximate surface area is 151 Å². The molecule has 1 saturated heterocycles. The highest BCUT2D eigenvalue weighted by Gasteiger charge is 2.51. The number of halogens is 2. The van der Waals surface area contributed by atoms with Gasteiger partial charge in [0.15, 0.2) is 0 Å². The largest absolute Gasteiger partial charge is 0.481 e. The summed E-state index contributed by atoms with van der Waals surface area (Å²) in [5.41, 5.74) is -1.03. The average molecular weight is 374 g/mol. The molecule has 24 heavy (non-hydrogen) atoms. The van der Waals surface area contributed by atoms with Crippen LogP contribution in [0.2, 0.25) is 10.0 Å². The number of carbonyl (C=O) groups is 2. The lowest BCUT2D eigenvalue weighted by atomic mass is 9.76. The van der Waals surface area contributed by atoms with Crippen LogP contribution in [0.15, 0.2) is 18.2 Å². The van der Waals surface area contributed by atoms with Gasteiger partial charge in [0.05, 0.1) is 15.5 Å². The van der Waals surface area contributed by atoms with E-state index in [1.807, 2.05) is 0 Å². The molecule has 5 nitrogen and oxygen atoms in total. The molecule has 0 aliphatic carbocycles. The fourth-order valence-electron chi connectivity index (χ4n) is 2.88. The van der Waals surface area contributed by atoms with Crippen molar-refractivity contribution in [3.63, 3.8) is 0 Å². The summed E-state index contributed by atoms with van der Waals surface area (Å²) in [7, 11) is 0. The minimum absolute atomic E-state index is 0.0716. The summed E-state index contributed by atoms with van der Waals surface area (Å²) < 4.78 is 5.37. The van der Waals surface area contributed by atoms with Crippen molar-refractivity contribution in [1.29, 1.82) is 0 Å². The number of benzene rings is 1. The third-order valence-electron chi connectivity index (χ3n) is 4.18. The molecule has 1 aromatic rings. The molecule has 1 aromatic carbocycles. The van der Waals surface area contributed by atoms with Gasteiger partial charge in [-0.3, -0.25) is 4.79 Å². The maximum atomic E-state index is 12.3. The number of hydrogen-bond acceptors (Lipinski definition) is 3. The van der Waals surface area contributed by atoms with Crippen molar-refractivity contribution in [3.05, 3.63) is 33.8 Å². The molecule has 0 saturated carbocycles. The summed E-state index contributed by atoms with van der Waals surface area (Å²) in [6.07, 6.45) is -0.516. The monoisotopic (exact) mass is 373 g/mol. The second-order valence-electron chi connectivity index (χ2n) is 7.31. The molecule has 7 heteroatoms. The molecule has 1 N–H and O–H groups in total. The highest BCUT2D eigenvalue weighted by Crippen LogP contribution is 2.44. The fourth-order valence-corrected chi connectivity index (χ4v) is 3.18. The van der Waals surface area contributed by atoms with Gasteiger partial charge in [0.25, 0.3) is 0 Å². The van der Waals surface area contributed by atoms with E-state index in [4.69, 9.17) is 27.9 Å². The van der Waals surface area contributed by atoms with Gasteiger partial charge in [-0.15, -0.1) is 0 Å². The van der Waals surface area contributed by atoms with Crippen molar-refractivity contribution in [3.8, 4) is 0 Å². The SMILES string of the molecule is CC(C)(C)OC(=O)N1C[C@H](c2ccc(Cl)c(Cl)c2)[C@@](C)(C(=O)O)C1. The van der Waals surface area contributed by atoms with Crippen LogP contribution >= 0.6 is 23.2 Å². The van der Waals surface area contributed by atoms with Gasteiger partial charge >= 0.3 is 12.1 Å². The first-order valence-corrected chi connectivity index (χ1v) is 8.36. The quantitative estimate of drug-likeness (QED) is 0.832. The van der Waals surface area contributed by atoms with Crippen LogP contribution in [-0.2, 0) is 9.53 Å².